The first-order valence-corrected chi connectivity index (χ1v) is 19.9. The Morgan fingerprint density at radius 1 is 1.04 bits per heavy atom. The first-order valence-electron chi connectivity index (χ1n) is 17.8. The Labute approximate surface area is 297 Å². The Morgan fingerprint density at radius 2 is 1.94 bits per heavy atom. The fourth-order valence-corrected chi connectivity index (χ4v) is 12.4. The molecule has 3 nitrogen and oxygen atoms in total. The number of halogens is 1. The molecule has 0 bridgehead atoms. The van der Waals surface area contributed by atoms with Crippen molar-refractivity contribution in [1.82, 2.24) is 0 Å². The van der Waals surface area contributed by atoms with Crippen molar-refractivity contribution in [2.75, 3.05) is 0 Å². The Kier molecular flexibility index (Phi) is 7.89. The van der Waals surface area contributed by atoms with Gasteiger partial charge in [-0.3, -0.25) is 0 Å². The van der Waals surface area contributed by atoms with Crippen molar-refractivity contribution in [3.63, 3.8) is 0 Å². The quantitative estimate of drug-likeness (QED) is 0.247. The molecule has 9 rings (SSSR count). The van der Waals surface area contributed by atoms with E-state index in [1.165, 1.54) is 40.0 Å². The van der Waals surface area contributed by atoms with E-state index in [-0.39, 0.29) is 23.7 Å². The van der Waals surface area contributed by atoms with Gasteiger partial charge in [-0.1, -0.05) is 120 Å². The van der Waals surface area contributed by atoms with Gasteiger partial charge in [0.05, 0.1) is 17.2 Å². The lowest BCUT2D eigenvalue weighted by atomic mass is 9.47. The Balaban J connectivity index is 1.17. The molecular weight excluding hydrogens is 709 g/mol. The molecular formula is C42H44INO2S. The maximum atomic E-state index is 7.18. The van der Waals surface area contributed by atoms with Gasteiger partial charge in [0.15, 0.2) is 0 Å². The van der Waals surface area contributed by atoms with Crippen LogP contribution in [0.25, 0.3) is 5.57 Å². The molecule has 3 aliphatic heterocycles. The van der Waals surface area contributed by atoms with Crippen LogP contribution in [-0.4, -0.2) is 23.6 Å². The maximum Gasteiger partial charge on any atom is 0.124 e. The van der Waals surface area contributed by atoms with Gasteiger partial charge in [-0.15, -0.1) is 11.8 Å². The molecule has 5 aliphatic carbocycles. The number of rotatable bonds is 3. The number of hydrogen-bond donors (Lipinski definition) is 1. The average molecular weight is 754 g/mol. The van der Waals surface area contributed by atoms with Crippen molar-refractivity contribution < 1.29 is 9.47 Å². The minimum absolute atomic E-state index is 0.0592. The smallest absolute Gasteiger partial charge is 0.124 e. The number of thioether (sulfide) groups is 1. The summed E-state index contributed by atoms with van der Waals surface area (Å²) in [5.74, 6) is 3.18. The minimum Gasteiger partial charge on any atom is -0.490 e. The minimum atomic E-state index is -0.109. The first-order chi connectivity index (χ1) is 23.1. The van der Waals surface area contributed by atoms with Crippen molar-refractivity contribution in [3.8, 4) is 0 Å². The topological polar surface area (TPSA) is 44.5 Å². The molecule has 8 aliphatic rings. The van der Waals surface area contributed by atoms with Gasteiger partial charge in [-0.05, 0) is 70.5 Å². The van der Waals surface area contributed by atoms with E-state index >= 15 is 0 Å². The van der Waals surface area contributed by atoms with Crippen LogP contribution in [0.1, 0.15) is 57.4 Å². The first kappa shape index (κ1) is 30.6. The summed E-state index contributed by atoms with van der Waals surface area (Å²) >= 11 is 4.24. The summed E-state index contributed by atoms with van der Waals surface area (Å²) in [5.41, 5.74) is 15.1. The summed E-state index contributed by atoms with van der Waals surface area (Å²) in [6.45, 7) is 2.44. The van der Waals surface area contributed by atoms with Gasteiger partial charge in [0.1, 0.15) is 11.9 Å². The average Bonchev–Trinajstić information content (AvgIpc) is 3.43. The monoisotopic (exact) mass is 753 g/mol. The Hall–Kier alpha value is -2.48. The highest BCUT2D eigenvalue weighted by atomic mass is 127. The number of nitrogens with two attached hydrogens (primary N) is 1. The molecule has 242 valence electrons. The van der Waals surface area contributed by atoms with Crippen molar-refractivity contribution >= 4 is 39.9 Å². The highest BCUT2D eigenvalue weighted by Gasteiger charge is 2.63. The molecule has 1 aromatic carbocycles. The number of allylic oxidation sites excluding steroid dienone is 12. The van der Waals surface area contributed by atoms with E-state index in [4.69, 9.17) is 15.2 Å². The van der Waals surface area contributed by atoms with Gasteiger partial charge in [-0.2, -0.15) is 0 Å². The van der Waals surface area contributed by atoms with Gasteiger partial charge in [0.2, 0.25) is 0 Å². The van der Waals surface area contributed by atoms with E-state index in [1.807, 2.05) is 11.8 Å². The molecule has 10 atom stereocenters. The van der Waals surface area contributed by atoms with E-state index in [9.17, 15) is 0 Å². The number of hydrogen-bond acceptors (Lipinski definition) is 4. The van der Waals surface area contributed by atoms with Crippen LogP contribution in [0, 0.1) is 35.0 Å². The fourth-order valence-electron chi connectivity index (χ4n) is 10.7. The lowest BCUT2D eigenvalue weighted by Crippen LogP contribution is -2.61. The lowest BCUT2D eigenvalue weighted by Gasteiger charge is -2.62. The van der Waals surface area contributed by atoms with Gasteiger partial charge in [0, 0.05) is 52.8 Å². The summed E-state index contributed by atoms with van der Waals surface area (Å²) in [5, 5.41) is 1.55. The third-order valence-electron chi connectivity index (χ3n) is 12.5. The van der Waals surface area contributed by atoms with Crippen molar-refractivity contribution in [1.29, 1.82) is 0 Å². The van der Waals surface area contributed by atoms with Crippen molar-refractivity contribution in [3.05, 3.63) is 134 Å². The molecule has 3 heterocycles. The zero-order valence-corrected chi connectivity index (χ0v) is 30.0. The molecule has 1 fully saturated rings. The number of benzene rings is 1. The van der Waals surface area contributed by atoms with Gasteiger partial charge < -0.3 is 15.2 Å². The van der Waals surface area contributed by atoms with E-state index in [0.717, 1.165) is 43.6 Å². The molecule has 0 saturated carbocycles. The van der Waals surface area contributed by atoms with Crippen LogP contribution in [-0.2, 0) is 9.47 Å². The van der Waals surface area contributed by atoms with Crippen LogP contribution in [0.3, 0.4) is 0 Å². The molecule has 1 aromatic rings. The standard InChI is InChI=1S/C42H44INO2S/c1-25-22-34-38(24-30(25)26-10-3-2-4-11-26)46-36-16-8-6-14-32(36)42(34)31-13-5-7-15-35(31)45-37-23-27(18-19-33(37)42)28-12-9-17-39-40(28)29(20-21-43)41(44)47-39/h2-5,7-8,10-13,16,18-21,24-25,27,32,34-36,38-40H,6,9,14-15,17,22-23,44H2,1H3/b21-20-. The van der Waals surface area contributed by atoms with Gasteiger partial charge in [-0.25, -0.2) is 0 Å². The second-order valence-corrected chi connectivity index (χ2v) is 16.7. The SMILES string of the molecule is CC1CC2C(C=C1c1ccccc1)OC1C=CCCC1C21C2=CC=CCC2OC2=C1C=CC(C1=CCCC3SC(N)=C(/C=C\I)C13)C2. The molecule has 47 heavy (non-hydrogen) atoms. The zero-order valence-electron chi connectivity index (χ0n) is 27.1. The molecule has 10 unspecified atom stereocenters. The molecule has 5 heteroatoms. The molecule has 2 N–H and O–H groups in total. The Bertz CT molecular complexity index is 1740. The maximum absolute atomic E-state index is 7.18. The molecule has 0 aromatic heterocycles. The highest BCUT2D eigenvalue weighted by molar-refractivity contribution is 14.1. The summed E-state index contributed by atoms with van der Waals surface area (Å²) in [7, 11) is 0. The summed E-state index contributed by atoms with van der Waals surface area (Å²) in [4.78, 5) is 0. The lowest BCUT2D eigenvalue weighted by molar-refractivity contribution is -0.148. The van der Waals surface area contributed by atoms with Crippen LogP contribution < -0.4 is 5.73 Å². The third kappa shape index (κ3) is 4.76. The molecule has 1 saturated heterocycles. The molecule has 0 radical (unpaired) electrons. The van der Waals surface area contributed by atoms with Crippen LogP contribution in [0.4, 0.5) is 0 Å². The predicted octanol–water partition coefficient (Wildman–Crippen LogP) is 10.1. The second-order valence-electron chi connectivity index (χ2n) is 14.7. The largest absolute Gasteiger partial charge is 0.490 e. The van der Waals surface area contributed by atoms with Crippen LogP contribution >= 0.6 is 34.4 Å². The molecule has 0 amide bonds. The van der Waals surface area contributed by atoms with Crippen molar-refractivity contribution in [2.24, 2.45) is 40.7 Å². The summed E-state index contributed by atoms with van der Waals surface area (Å²) in [6.07, 6.45) is 32.0. The van der Waals surface area contributed by atoms with Gasteiger partial charge >= 0.3 is 0 Å². The van der Waals surface area contributed by atoms with E-state index in [2.05, 4.69) is 125 Å². The van der Waals surface area contributed by atoms with Crippen LogP contribution in [0.15, 0.2) is 128 Å². The summed E-state index contributed by atoms with van der Waals surface area (Å²) < 4.78 is 16.5. The van der Waals surface area contributed by atoms with E-state index < -0.39 is 0 Å². The van der Waals surface area contributed by atoms with Crippen molar-refractivity contribution in [2.45, 2.75) is 75.4 Å². The van der Waals surface area contributed by atoms with E-state index in [1.54, 1.807) is 5.57 Å². The second kappa shape index (κ2) is 12.1. The third-order valence-corrected chi connectivity index (χ3v) is 14.1. The normalized spacial score (nSPS) is 40.2. The highest BCUT2D eigenvalue weighted by Crippen LogP contribution is 2.66. The Morgan fingerprint density at radius 3 is 2.81 bits per heavy atom. The predicted molar refractivity (Wildman–Crippen MR) is 202 cm³/mol. The zero-order chi connectivity index (χ0) is 31.7. The fraction of sp³-hybridized carbons (Fsp3) is 0.429. The van der Waals surface area contributed by atoms with Crippen LogP contribution in [0.5, 0.6) is 0 Å². The number of ether oxygens (including phenoxy) is 2. The number of fused-ring (bicyclic) bond motifs is 8. The summed E-state index contributed by atoms with van der Waals surface area (Å²) in [6, 6.07) is 11.0. The molecule has 1 spiro atoms. The van der Waals surface area contributed by atoms with E-state index in [0.29, 0.717) is 34.8 Å². The van der Waals surface area contributed by atoms with Gasteiger partial charge in [0.25, 0.3) is 0 Å². The van der Waals surface area contributed by atoms with Crippen LogP contribution in [0.2, 0.25) is 0 Å².